The van der Waals surface area contributed by atoms with E-state index in [1.807, 2.05) is 18.3 Å². The third kappa shape index (κ3) is 3.81. The smallest absolute Gasteiger partial charge is 0.249 e. The molecule has 1 saturated heterocycles. The number of anilines is 2. The lowest BCUT2D eigenvalue weighted by Crippen LogP contribution is -2.33. The van der Waals surface area contributed by atoms with Gasteiger partial charge >= 0.3 is 0 Å². The molecule has 1 aliphatic rings. The van der Waals surface area contributed by atoms with E-state index in [2.05, 4.69) is 28.5 Å². The Morgan fingerprint density at radius 1 is 1.31 bits per heavy atom. The number of rotatable bonds is 6. The fourth-order valence-electron chi connectivity index (χ4n) is 3.76. The fourth-order valence-corrected chi connectivity index (χ4v) is 3.76. The van der Waals surface area contributed by atoms with Crippen molar-refractivity contribution >= 4 is 17.3 Å². The number of aromatic amines is 1. The van der Waals surface area contributed by atoms with E-state index in [4.69, 9.17) is 4.74 Å². The summed E-state index contributed by atoms with van der Waals surface area (Å²) in [6.07, 6.45) is 5.15. The summed E-state index contributed by atoms with van der Waals surface area (Å²) in [6.45, 7) is 2.70. The van der Waals surface area contributed by atoms with Crippen molar-refractivity contribution in [1.29, 1.82) is 0 Å². The summed E-state index contributed by atoms with van der Waals surface area (Å²) in [4.78, 5) is 14.8. The monoisotopic (exact) mass is 394 g/mol. The van der Waals surface area contributed by atoms with Crippen molar-refractivity contribution in [3.63, 3.8) is 0 Å². The molecule has 1 atom stereocenters. The summed E-state index contributed by atoms with van der Waals surface area (Å²) in [5.74, 6) is -0.0138. The number of nitrogens with zero attached hydrogens (tertiary/aromatic N) is 2. The summed E-state index contributed by atoms with van der Waals surface area (Å²) < 4.78 is 18.8. The number of aryl methyl sites for hydroxylation is 1. The predicted octanol–water partition coefficient (Wildman–Crippen LogP) is 4.00. The van der Waals surface area contributed by atoms with Gasteiger partial charge in [0.2, 0.25) is 5.91 Å². The molecular weight excluding hydrogens is 371 g/mol. The zero-order chi connectivity index (χ0) is 20.4. The Hall–Kier alpha value is -3.35. The molecule has 29 heavy (non-hydrogen) atoms. The first-order chi connectivity index (χ1) is 14.1. The Balaban J connectivity index is 1.54. The van der Waals surface area contributed by atoms with Crippen LogP contribution in [0.1, 0.15) is 18.9 Å². The van der Waals surface area contributed by atoms with Crippen molar-refractivity contribution in [1.82, 2.24) is 10.2 Å². The Kier molecular flexibility index (Phi) is 5.20. The second-order valence-corrected chi connectivity index (χ2v) is 7.04. The van der Waals surface area contributed by atoms with Gasteiger partial charge in [-0.3, -0.25) is 9.89 Å². The van der Waals surface area contributed by atoms with Gasteiger partial charge in [-0.2, -0.15) is 5.10 Å². The maximum Gasteiger partial charge on any atom is 0.249 e. The van der Waals surface area contributed by atoms with E-state index in [0.717, 1.165) is 28.8 Å². The summed E-state index contributed by atoms with van der Waals surface area (Å²) in [5.41, 5.74) is 4.70. The normalized spacial score (nSPS) is 16.3. The number of nitrogens with one attached hydrogen (secondary N) is 2. The van der Waals surface area contributed by atoms with Crippen LogP contribution in [0.25, 0.3) is 11.1 Å². The van der Waals surface area contributed by atoms with Crippen molar-refractivity contribution in [2.45, 2.75) is 25.8 Å². The van der Waals surface area contributed by atoms with Gasteiger partial charge in [-0.25, -0.2) is 4.39 Å². The minimum atomic E-state index is -0.406. The summed E-state index contributed by atoms with van der Waals surface area (Å²) in [7, 11) is 1.49. The van der Waals surface area contributed by atoms with Gasteiger partial charge in [-0.05, 0) is 42.2 Å². The van der Waals surface area contributed by atoms with Crippen LogP contribution in [-0.2, 0) is 11.2 Å². The van der Waals surface area contributed by atoms with E-state index >= 15 is 0 Å². The molecule has 1 aromatic heterocycles. The van der Waals surface area contributed by atoms with Gasteiger partial charge in [-0.15, -0.1) is 0 Å². The van der Waals surface area contributed by atoms with Gasteiger partial charge in [0, 0.05) is 41.8 Å². The van der Waals surface area contributed by atoms with E-state index in [0.29, 0.717) is 24.4 Å². The number of H-pyrrole nitrogens is 1. The Labute approximate surface area is 168 Å². The molecule has 4 rings (SSSR count). The number of aromatic nitrogens is 2. The number of ether oxygens (including phenoxy) is 1. The van der Waals surface area contributed by atoms with Crippen LogP contribution >= 0.6 is 0 Å². The number of methoxy groups -OCH3 is 1. The molecule has 7 heteroatoms. The van der Waals surface area contributed by atoms with Gasteiger partial charge < -0.3 is 15.0 Å². The highest BCUT2D eigenvalue weighted by molar-refractivity contribution is 6.01. The third-order valence-corrected chi connectivity index (χ3v) is 5.24. The molecule has 2 N–H and O–H groups in total. The molecule has 6 nitrogen and oxygen atoms in total. The highest BCUT2D eigenvalue weighted by Gasteiger charge is 2.33. The Bertz CT molecular complexity index is 1020. The average Bonchev–Trinajstić information content (AvgIpc) is 3.38. The number of carbonyl (C=O) groups excluding carboxylic acids is 1. The topological polar surface area (TPSA) is 70.2 Å². The zero-order valence-corrected chi connectivity index (χ0v) is 16.4. The largest absolute Gasteiger partial charge is 0.497 e. The molecule has 3 aromatic rings. The lowest BCUT2D eigenvalue weighted by atomic mass is 9.99. The number of halogens is 1. The first kappa shape index (κ1) is 19.0. The number of benzene rings is 2. The van der Waals surface area contributed by atoms with E-state index in [1.54, 1.807) is 17.2 Å². The van der Waals surface area contributed by atoms with Gasteiger partial charge in [0.25, 0.3) is 0 Å². The minimum absolute atomic E-state index is 0.0219. The second-order valence-electron chi connectivity index (χ2n) is 7.04. The van der Waals surface area contributed by atoms with Crippen molar-refractivity contribution in [3.8, 4) is 16.9 Å². The molecule has 1 aliphatic heterocycles. The van der Waals surface area contributed by atoms with Crippen molar-refractivity contribution in [2.24, 2.45) is 0 Å². The summed E-state index contributed by atoms with van der Waals surface area (Å²) in [6, 6.07) is 10.0. The van der Waals surface area contributed by atoms with Crippen LogP contribution in [0.5, 0.6) is 5.75 Å². The molecule has 1 amide bonds. The van der Waals surface area contributed by atoms with Crippen molar-refractivity contribution < 1.29 is 13.9 Å². The number of amides is 1. The first-order valence-corrected chi connectivity index (χ1v) is 9.63. The number of hydrogen-bond acceptors (Lipinski definition) is 4. The van der Waals surface area contributed by atoms with Crippen LogP contribution in [0.3, 0.4) is 0 Å². The van der Waals surface area contributed by atoms with Crippen LogP contribution in [-0.4, -0.2) is 35.8 Å². The molecule has 1 unspecified atom stereocenters. The first-order valence-electron chi connectivity index (χ1n) is 9.63. The molecule has 0 spiro atoms. The van der Waals surface area contributed by atoms with Crippen LogP contribution < -0.4 is 15.0 Å². The van der Waals surface area contributed by atoms with Gasteiger partial charge in [0.05, 0.1) is 13.3 Å². The van der Waals surface area contributed by atoms with Gasteiger partial charge in [0.15, 0.2) is 0 Å². The lowest BCUT2D eigenvalue weighted by molar-refractivity contribution is -0.117. The molecule has 0 radical (unpaired) electrons. The van der Waals surface area contributed by atoms with Crippen LogP contribution in [0.2, 0.25) is 0 Å². The zero-order valence-electron chi connectivity index (χ0n) is 16.4. The molecule has 0 saturated carbocycles. The van der Waals surface area contributed by atoms with Crippen molar-refractivity contribution in [3.05, 3.63) is 60.2 Å². The maximum atomic E-state index is 13.7. The van der Waals surface area contributed by atoms with Gasteiger partial charge in [-0.1, -0.05) is 13.0 Å². The van der Waals surface area contributed by atoms with Crippen LogP contribution in [0.15, 0.2) is 48.8 Å². The molecule has 2 heterocycles. The SMILES string of the molecule is CCc1cc(N2CCC(Nc3cc(F)cc(OC)c3)C2=O)ccc1-c1cn[nH]c1. The summed E-state index contributed by atoms with van der Waals surface area (Å²) in [5, 5.41) is 10.0. The van der Waals surface area contributed by atoms with Crippen LogP contribution in [0.4, 0.5) is 15.8 Å². The predicted molar refractivity (Wildman–Crippen MR) is 111 cm³/mol. The lowest BCUT2D eigenvalue weighted by Gasteiger charge is -2.20. The third-order valence-electron chi connectivity index (χ3n) is 5.24. The molecule has 1 fully saturated rings. The van der Waals surface area contributed by atoms with Crippen LogP contribution in [0, 0.1) is 5.82 Å². The van der Waals surface area contributed by atoms with E-state index in [-0.39, 0.29) is 5.91 Å². The second kappa shape index (κ2) is 7.95. The van der Waals surface area contributed by atoms with Gasteiger partial charge in [0.1, 0.15) is 17.6 Å². The maximum absolute atomic E-state index is 13.7. The molecular formula is C22H23FN4O2. The average molecular weight is 394 g/mol. The standard InChI is InChI=1S/C22H23FN4O2/c1-3-14-8-18(4-5-20(14)15-12-24-25-13-15)27-7-6-21(22(27)28)26-17-9-16(23)10-19(11-17)29-2/h4-5,8-13,21,26H,3,6-7H2,1-2H3,(H,24,25). The highest BCUT2D eigenvalue weighted by Crippen LogP contribution is 2.31. The Morgan fingerprint density at radius 3 is 2.90 bits per heavy atom. The van der Waals surface area contributed by atoms with E-state index in [9.17, 15) is 9.18 Å². The van der Waals surface area contributed by atoms with E-state index < -0.39 is 11.9 Å². The Morgan fingerprint density at radius 2 is 2.17 bits per heavy atom. The number of hydrogen-bond donors (Lipinski definition) is 2. The minimum Gasteiger partial charge on any atom is -0.497 e. The molecule has 0 aliphatic carbocycles. The molecule has 150 valence electrons. The highest BCUT2D eigenvalue weighted by atomic mass is 19.1. The van der Waals surface area contributed by atoms with Crippen molar-refractivity contribution in [2.75, 3.05) is 23.9 Å². The summed E-state index contributed by atoms with van der Waals surface area (Å²) >= 11 is 0. The molecule has 0 bridgehead atoms. The van der Waals surface area contributed by atoms with E-state index in [1.165, 1.54) is 19.2 Å². The number of carbonyl (C=O) groups is 1. The molecule has 2 aromatic carbocycles. The quantitative estimate of drug-likeness (QED) is 0.663. The fraction of sp³-hybridized carbons (Fsp3) is 0.273.